The molecule has 2 aromatic heterocycles. The summed E-state index contributed by atoms with van der Waals surface area (Å²) in [6.07, 6.45) is 1.84. The van der Waals surface area contributed by atoms with Crippen LogP contribution in [-0.4, -0.2) is 26.9 Å². The normalized spacial score (nSPS) is 10.7. The van der Waals surface area contributed by atoms with Crippen LogP contribution in [0.2, 0.25) is 0 Å². The van der Waals surface area contributed by atoms with Crippen molar-refractivity contribution in [3.8, 4) is 11.3 Å². The number of pyridine rings is 1. The zero-order valence-corrected chi connectivity index (χ0v) is 13.0. The van der Waals surface area contributed by atoms with Crippen LogP contribution in [0.25, 0.3) is 16.9 Å². The Labute approximate surface area is 137 Å². The fourth-order valence-corrected chi connectivity index (χ4v) is 2.56. The minimum atomic E-state index is -0.454. The Balaban J connectivity index is 2.14. The molecule has 0 N–H and O–H groups in total. The Morgan fingerprint density at radius 2 is 2.12 bits per heavy atom. The molecule has 7 heteroatoms. The van der Waals surface area contributed by atoms with Gasteiger partial charge in [-0.15, -0.1) is 0 Å². The molecule has 0 amide bonds. The quantitative estimate of drug-likeness (QED) is 0.409. The number of esters is 1. The number of nitrogens with zero attached hydrogens (tertiary/aromatic N) is 3. The molecule has 0 atom stereocenters. The minimum absolute atomic E-state index is 0.0216. The monoisotopic (exact) mass is 325 g/mol. The Morgan fingerprint density at radius 3 is 2.88 bits per heavy atom. The van der Waals surface area contributed by atoms with Gasteiger partial charge >= 0.3 is 5.97 Å². The van der Waals surface area contributed by atoms with E-state index in [1.807, 2.05) is 18.2 Å². The third-order valence-electron chi connectivity index (χ3n) is 3.58. The molecule has 7 nitrogen and oxygen atoms in total. The molecular formula is C17H15N3O4. The van der Waals surface area contributed by atoms with E-state index in [0.717, 1.165) is 0 Å². The number of aromatic nitrogens is 2. The highest BCUT2D eigenvalue weighted by molar-refractivity contribution is 5.77. The van der Waals surface area contributed by atoms with E-state index in [2.05, 4.69) is 4.98 Å². The second kappa shape index (κ2) is 6.49. The van der Waals surface area contributed by atoms with Gasteiger partial charge in [-0.25, -0.2) is 4.98 Å². The molecule has 0 saturated carbocycles. The first kappa shape index (κ1) is 15.7. The zero-order valence-electron chi connectivity index (χ0n) is 13.0. The lowest BCUT2D eigenvalue weighted by Crippen LogP contribution is -2.10. The van der Waals surface area contributed by atoms with E-state index in [9.17, 15) is 14.9 Å². The van der Waals surface area contributed by atoms with Gasteiger partial charge in [0.25, 0.3) is 5.69 Å². The van der Waals surface area contributed by atoms with Gasteiger partial charge in [0.2, 0.25) is 0 Å². The summed E-state index contributed by atoms with van der Waals surface area (Å²) in [5.41, 5.74) is 2.42. The number of non-ortho nitro benzene ring substituents is 1. The molecule has 0 bridgehead atoms. The largest absolute Gasteiger partial charge is 0.466 e. The molecule has 1 aromatic carbocycles. The molecule has 3 aromatic rings. The van der Waals surface area contributed by atoms with Gasteiger partial charge in [0.1, 0.15) is 5.65 Å². The highest BCUT2D eigenvalue weighted by atomic mass is 16.6. The van der Waals surface area contributed by atoms with Crippen LogP contribution in [0.4, 0.5) is 5.69 Å². The number of fused-ring (bicyclic) bond motifs is 1. The first-order valence-electron chi connectivity index (χ1n) is 7.46. The van der Waals surface area contributed by atoms with Gasteiger partial charge in [-0.1, -0.05) is 18.2 Å². The number of nitro benzene ring substituents is 1. The van der Waals surface area contributed by atoms with Gasteiger partial charge in [-0.05, 0) is 19.1 Å². The molecular weight excluding hydrogens is 310 g/mol. The summed E-state index contributed by atoms with van der Waals surface area (Å²) in [5, 5.41) is 11.0. The number of rotatable bonds is 5. The molecule has 0 fully saturated rings. The first-order valence-corrected chi connectivity index (χ1v) is 7.46. The van der Waals surface area contributed by atoms with Gasteiger partial charge < -0.3 is 9.14 Å². The van der Waals surface area contributed by atoms with Crippen LogP contribution in [0.5, 0.6) is 0 Å². The molecule has 2 heterocycles. The third kappa shape index (κ3) is 2.96. The van der Waals surface area contributed by atoms with Gasteiger partial charge in [-0.2, -0.15) is 0 Å². The maximum absolute atomic E-state index is 11.9. The van der Waals surface area contributed by atoms with E-state index in [0.29, 0.717) is 29.2 Å². The lowest BCUT2D eigenvalue weighted by atomic mass is 10.1. The minimum Gasteiger partial charge on any atom is -0.466 e. The third-order valence-corrected chi connectivity index (χ3v) is 3.58. The maximum Gasteiger partial charge on any atom is 0.311 e. The summed E-state index contributed by atoms with van der Waals surface area (Å²) in [4.78, 5) is 27.0. The molecule has 0 saturated heterocycles. The lowest BCUT2D eigenvalue weighted by Gasteiger charge is -2.05. The Morgan fingerprint density at radius 1 is 1.29 bits per heavy atom. The number of carbonyl (C=O) groups excluding carboxylic acids is 1. The van der Waals surface area contributed by atoms with E-state index >= 15 is 0 Å². The number of imidazole rings is 1. The van der Waals surface area contributed by atoms with Crippen molar-refractivity contribution >= 4 is 17.3 Å². The summed E-state index contributed by atoms with van der Waals surface area (Å²) in [6, 6.07) is 11.7. The van der Waals surface area contributed by atoms with E-state index in [1.54, 1.807) is 29.7 Å². The molecule has 122 valence electrons. The maximum atomic E-state index is 11.9. The van der Waals surface area contributed by atoms with E-state index < -0.39 is 4.92 Å². The number of nitro groups is 1. The number of benzene rings is 1. The average molecular weight is 325 g/mol. The molecule has 0 unspecified atom stereocenters. The van der Waals surface area contributed by atoms with Gasteiger partial charge in [0.15, 0.2) is 0 Å². The standard InChI is InChI=1S/C17H15N3O4/c1-2-24-16(21)11-14-17(18-15-8-3-4-9-19(14)15)12-6-5-7-13(10-12)20(22)23/h3-10H,2,11H2,1H3. The van der Waals surface area contributed by atoms with Crippen molar-refractivity contribution in [2.45, 2.75) is 13.3 Å². The average Bonchev–Trinajstić information content (AvgIpc) is 2.94. The van der Waals surface area contributed by atoms with Crippen molar-refractivity contribution < 1.29 is 14.5 Å². The van der Waals surface area contributed by atoms with E-state index in [1.165, 1.54) is 12.1 Å². The summed E-state index contributed by atoms with van der Waals surface area (Å²) >= 11 is 0. The molecule has 0 radical (unpaired) electrons. The number of hydrogen-bond acceptors (Lipinski definition) is 5. The van der Waals surface area contributed by atoms with Crippen molar-refractivity contribution in [3.63, 3.8) is 0 Å². The predicted molar refractivity (Wildman–Crippen MR) is 87.6 cm³/mol. The summed E-state index contributed by atoms with van der Waals surface area (Å²) in [5.74, 6) is -0.366. The smallest absolute Gasteiger partial charge is 0.311 e. The van der Waals surface area contributed by atoms with Gasteiger partial charge in [0, 0.05) is 23.9 Å². The first-order chi connectivity index (χ1) is 11.6. The summed E-state index contributed by atoms with van der Waals surface area (Å²) in [7, 11) is 0. The predicted octanol–water partition coefficient (Wildman–Crippen LogP) is 3.02. The van der Waals surface area contributed by atoms with Crippen LogP contribution in [0.3, 0.4) is 0 Å². The summed E-state index contributed by atoms with van der Waals surface area (Å²) in [6.45, 7) is 2.04. The molecule has 0 aliphatic carbocycles. The molecule has 0 aliphatic rings. The van der Waals surface area contributed by atoms with Gasteiger partial charge in [0.05, 0.1) is 29.3 Å². The van der Waals surface area contributed by atoms with Crippen molar-refractivity contribution in [1.82, 2.24) is 9.38 Å². The SMILES string of the molecule is CCOC(=O)Cc1c(-c2cccc([N+](=O)[O-])c2)nc2ccccn12. The van der Waals surface area contributed by atoms with E-state index in [-0.39, 0.29) is 18.1 Å². The van der Waals surface area contributed by atoms with Crippen LogP contribution < -0.4 is 0 Å². The molecule has 3 rings (SSSR count). The highest BCUT2D eigenvalue weighted by Crippen LogP contribution is 2.28. The highest BCUT2D eigenvalue weighted by Gasteiger charge is 2.19. The second-order valence-electron chi connectivity index (χ2n) is 5.13. The lowest BCUT2D eigenvalue weighted by molar-refractivity contribution is -0.384. The second-order valence-corrected chi connectivity index (χ2v) is 5.13. The van der Waals surface area contributed by atoms with Crippen LogP contribution in [-0.2, 0) is 16.0 Å². The number of carbonyl (C=O) groups is 1. The van der Waals surface area contributed by atoms with Crippen molar-refractivity contribution in [2.75, 3.05) is 6.61 Å². The fourth-order valence-electron chi connectivity index (χ4n) is 2.56. The Bertz CT molecular complexity index is 917. The van der Waals surface area contributed by atoms with Crippen LogP contribution in [0, 0.1) is 10.1 Å². The van der Waals surface area contributed by atoms with Crippen molar-refractivity contribution in [2.24, 2.45) is 0 Å². The van der Waals surface area contributed by atoms with Crippen molar-refractivity contribution in [1.29, 1.82) is 0 Å². The Hall–Kier alpha value is -3.22. The van der Waals surface area contributed by atoms with Gasteiger partial charge in [-0.3, -0.25) is 14.9 Å². The molecule has 24 heavy (non-hydrogen) atoms. The Kier molecular flexibility index (Phi) is 4.24. The van der Waals surface area contributed by atoms with Crippen molar-refractivity contribution in [3.05, 3.63) is 64.5 Å². The fraction of sp³-hybridized carbons (Fsp3) is 0.176. The summed E-state index contributed by atoms with van der Waals surface area (Å²) < 4.78 is 6.83. The zero-order chi connectivity index (χ0) is 17.1. The number of hydrogen-bond donors (Lipinski definition) is 0. The van der Waals surface area contributed by atoms with Crippen LogP contribution >= 0.6 is 0 Å². The van der Waals surface area contributed by atoms with E-state index in [4.69, 9.17) is 4.74 Å². The van der Waals surface area contributed by atoms with Crippen LogP contribution in [0.1, 0.15) is 12.6 Å². The topological polar surface area (TPSA) is 86.7 Å². The van der Waals surface area contributed by atoms with Crippen LogP contribution in [0.15, 0.2) is 48.7 Å². The number of ether oxygens (including phenoxy) is 1. The molecule has 0 aliphatic heterocycles. The molecule has 0 spiro atoms.